The summed E-state index contributed by atoms with van der Waals surface area (Å²) in [5.74, 6) is 0. The predicted molar refractivity (Wildman–Crippen MR) is 85.2 cm³/mol. The molecule has 0 saturated carbocycles. The van der Waals surface area contributed by atoms with Crippen LogP contribution in [-0.4, -0.2) is 8.07 Å². The Bertz CT molecular complexity index is 553. The summed E-state index contributed by atoms with van der Waals surface area (Å²) in [6, 6.07) is 17.5. The van der Waals surface area contributed by atoms with Gasteiger partial charge in [-0.1, -0.05) is 66.4 Å². The second kappa shape index (κ2) is 5.36. The zero-order chi connectivity index (χ0) is 13.0. The van der Waals surface area contributed by atoms with Crippen molar-refractivity contribution in [2.24, 2.45) is 0 Å². The third-order valence-corrected chi connectivity index (χ3v) is 7.75. The highest BCUT2D eigenvalue weighted by atomic mass is 28.3. The largest absolute Gasteiger partial charge is 0.103 e. The van der Waals surface area contributed by atoms with Crippen molar-refractivity contribution in [3.8, 4) is 0 Å². The van der Waals surface area contributed by atoms with Crippen molar-refractivity contribution in [3.05, 3.63) is 67.8 Å². The summed E-state index contributed by atoms with van der Waals surface area (Å²) < 4.78 is 0. The average Bonchev–Trinajstić information content (AvgIpc) is 2.38. The highest BCUT2D eigenvalue weighted by Gasteiger charge is 2.27. The van der Waals surface area contributed by atoms with Crippen molar-refractivity contribution in [2.75, 3.05) is 0 Å². The van der Waals surface area contributed by atoms with Gasteiger partial charge in [-0.2, -0.15) is 0 Å². The fourth-order valence-electron chi connectivity index (χ4n) is 2.69. The van der Waals surface area contributed by atoms with Gasteiger partial charge in [0.25, 0.3) is 0 Å². The Hall–Kier alpha value is -1.60. The molecule has 0 aromatic heterocycles. The van der Waals surface area contributed by atoms with Crippen LogP contribution in [0.2, 0.25) is 18.6 Å². The van der Waals surface area contributed by atoms with Crippen LogP contribution in [0.1, 0.15) is 0 Å². The van der Waals surface area contributed by atoms with E-state index in [0.717, 1.165) is 12.1 Å². The Morgan fingerprint density at radius 2 is 1.56 bits per heavy atom. The normalized spacial score (nSPS) is 11.4. The molecule has 2 aromatic rings. The molecule has 2 rings (SSSR count). The summed E-state index contributed by atoms with van der Waals surface area (Å²) in [5.41, 5.74) is 0. The maximum Gasteiger partial charge on any atom is 0.0918 e. The topological polar surface area (TPSA) is 0 Å². The summed E-state index contributed by atoms with van der Waals surface area (Å²) in [6.45, 7) is 10.3. The highest BCUT2D eigenvalue weighted by molar-refractivity contribution is 6.93. The third-order valence-electron chi connectivity index (χ3n) is 3.63. The predicted octanol–water partition coefficient (Wildman–Crippen LogP) is 4.50. The lowest BCUT2D eigenvalue weighted by molar-refractivity contribution is 1.46. The number of hydrogen-bond donors (Lipinski definition) is 0. The Balaban J connectivity index is 2.63. The molecule has 0 aliphatic carbocycles. The maximum absolute atomic E-state index is 3.93. The second-order valence-electron chi connectivity index (χ2n) is 5.07. The van der Waals surface area contributed by atoms with Crippen molar-refractivity contribution in [3.63, 3.8) is 0 Å². The standard InChI is InChI=1S/C17H20Si/c1-4-13-18(3,14-5-2)17-12-8-10-15-9-6-7-11-16(15)17/h4-12H,1-2,13-14H2,3H3. The molecule has 0 amide bonds. The van der Waals surface area contributed by atoms with Gasteiger partial charge in [0, 0.05) is 0 Å². The van der Waals surface area contributed by atoms with Gasteiger partial charge in [0.05, 0.1) is 8.07 Å². The van der Waals surface area contributed by atoms with Crippen LogP contribution < -0.4 is 5.19 Å². The first-order valence-corrected chi connectivity index (χ1v) is 9.33. The smallest absolute Gasteiger partial charge is 0.0918 e. The van der Waals surface area contributed by atoms with Crippen molar-refractivity contribution in [1.29, 1.82) is 0 Å². The molecule has 0 atom stereocenters. The highest BCUT2D eigenvalue weighted by Crippen LogP contribution is 2.22. The Kier molecular flexibility index (Phi) is 3.83. The molecular weight excluding hydrogens is 232 g/mol. The van der Waals surface area contributed by atoms with E-state index in [1.54, 1.807) is 0 Å². The molecule has 0 nitrogen and oxygen atoms in total. The summed E-state index contributed by atoms with van der Waals surface area (Å²) in [4.78, 5) is 0. The molecule has 0 unspecified atom stereocenters. The molecule has 0 heterocycles. The number of hydrogen-bond acceptors (Lipinski definition) is 0. The van der Waals surface area contributed by atoms with Gasteiger partial charge < -0.3 is 0 Å². The Morgan fingerprint density at radius 1 is 0.944 bits per heavy atom. The summed E-state index contributed by atoms with van der Waals surface area (Å²) in [5, 5.41) is 4.26. The number of allylic oxidation sites excluding steroid dienone is 2. The lowest BCUT2D eigenvalue weighted by atomic mass is 10.1. The molecule has 0 aliphatic heterocycles. The van der Waals surface area contributed by atoms with E-state index in [4.69, 9.17) is 0 Å². The second-order valence-corrected chi connectivity index (χ2v) is 9.55. The van der Waals surface area contributed by atoms with E-state index in [-0.39, 0.29) is 0 Å². The molecule has 2 aromatic carbocycles. The van der Waals surface area contributed by atoms with Crippen LogP contribution in [0.3, 0.4) is 0 Å². The zero-order valence-electron chi connectivity index (χ0n) is 11.0. The molecule has 0 fully saturated rings. The molecule has 0 radical (unpaired) electrons. The Morgan fingerprint density at radius 3 is 2.22 bits per heavy atom. The van der Waals surface area contributed by atoms with E-state index in [0.29, 0.717) is 0 Å². The monoisotopic (exact) mass is 252 g/mol. The molecule has 0 bridgehead atoms. The number of rotatable bonds is 5. The average molecular weight is 252 g/mol. The first-order chi connectivity index (χ1) is 8.71. The minimum atomic E-state index is -1.53. The molecule has 0 spiro atoms. The van der Waals surface area contributed by atoms with Crippen LogP contribution >= 0.6 is 0 Å². The molecule has 18 heavy (non-hydrogen) atoms. The van der Waals surface area contributed by atoms with Crippen molar-refractivity contribution >= 4 is 24.0 Å². The van der Waals surface area contributed by atoms with E-state index in [9.17, 15) is 0 Å². The van der Waals surface area contributed by atoms with Gasteiger partial charge in [0.2, 0.25) is 0 Å². The minimum absolute atomic E-state index is 1.10. The van der Waals surface area contributed by atoms with E-state index >= 15 is 0 Å². The molecular formula is C17H20Si. The lowest BCUT2D eigenvalue weighted by Crippen LogP contribution is -2.43. The number of benzene rings is 2. The fraction of sp³-hybridized carbons (Fsp3) is 0.176. The SMILES string of the molecule is C=CC[Si](C)(CC=C)c1cccc2ccccc12. The van der Waals surface area contributed by atoms with E-state index in [1.165, 1.54) is 16.0 Å². The third kappa shape index (κ3) is 2.32. The summed E-state index contributed by atoms with van der Waals surface area (Å²) in [6.07, 6.45) is 4.13. The van der Waals surface area contributed by atoms with Crippen LogP contribution in [0.4, 0.5) is 0 Å². The molecule has 1 heteroatoms. The van der Waals surface area contributed by atoms with Crippen LogP contribution in [0.15, 0.2) is 67.8 Å². The lowest BCUT2D eigenvalue weighted by Gasteiger charge is -2.27. The summed E-state index contributed by atoms with van der Waals surface area (Å²) in [7, 11) is -1.53. The van der Waals surface area contributed by atoms with E-state index in [2.05, 4.69) is 74.3 Å². The van der Waals surface area contributed by atoms with Crippen molar-refractivity contribution < 1.29 is 0 Å². The summed E-state index contributed by atoms with van der Waals surface area (Å²) >= 11 is 0. The van der Waals surface area contributed by atoms with Gasteiger partial charge in [0.1, 0.15) is 0 Å². The van der Waals surface area contributed by atoms with Gasteiger partial charge in [-0.15, -0.1) is 13.2 Å². The minimum Gasteiger partial charge on any atom is -0.103 e. The van der Waals surface area contributed by atoms with Crippen LogP contribution in [0.5, 0.6) is 0 Å². The van der Waals surface area contributed by atoms with Crippen molar-refractivity contribution in [2.45, 2.75) is 18.6 Å². The fourth-order valence-corrected chi connectivity index (χ4v) is 5.95. The van der Waals surface area contributed by atoms with Gasteiger partial charge in [-0.05, 0) is 22.9 Å². The Labute approximate surface area is 111 Å². The van der Waals surface area contributed by atoms with Gasteiger partial charge in [0.15, 0.2) is 0 Å². The van der Waals surface area contributed by atoms with Crippen LogP contribution in [0.25, 0.3) is 10.8 Å². The maximum atomic E-state index is 3.93. The number of fused-ring (bicyclic) bond motifs is 1. The molecule has 0 aliphatic rings. The van der Waals surface area contributed by atoms with Crippen molar-refractivity contribution in [1.82, 2.24) is 0 Å². The van der Waals surface area contributed by atoms with Gasteiger partial charge in [-0.3, -0.25) is 0 Å². The zero-order valence-corrected chi connectivity index (χ0v) is 12.0. The first-order valence-electron chi connectivity index (χ1n) is 6.41. The van der Waals surface area contributed by atoms with Gasteiger partial charge in [-0.25, -0.2) is 0 Å². The molecule has 0 N–H and O–H groups in total. The van der Waals surface area contributed by atoms with E-state index in [1.807, 2.05) is 0 Å². The quantitative estimate of drug-likeness (QED) is 0.543. The molecule has 0 saturated heterocycles. The molecule has 92 valence electrons. The van der Waals surface area contributed by atoms with Crippen LogP contribution in [-0.2, 0) is 0 Å². The van der Waals surface area contributed by atoms with Crippen LogP contribution in [0, 0.1) is 0 Å². The first kappa shape index (κ1) is 12.8. The van der Waals surface area contributed by atoms with Gasteiger partial charge >= 0.3 is 0 Å². The van der Waals surface area contributed by atoms with E-state index < -0.39 is 8.07 Å².